The van der Waals surface area contributed by atoms with Crippen LogP contribution in [-0.4, -0.2) is 45.9 Å². The van der Waals surface area contributed by atoms with Crippen molar-refractivity contribution in [3.05, 3.63) is 47.4 Å². The standard InChI is InChI=1S/C18H21N5O2/c1-12-4-7-17(25-12)16(23-8-2-3-9-23)11-19-18(24)13-5-6-14-15(10-13)21-22-20-14/h4-7,10,16H,2-3,8-9,11H2,1H3,(H,19,24)(H,20,21,22)/t16-/m0/s1. The van der Waals surface area contributed by atoms with Gasteiger partial charge in [0.05, 0.1) is 6.04 Å². The second-order valence-electron chi connectivity index (χ2n) is 6.44. The molecule has 2 aromatic heterocycles. The minimum absolute atomic E-state index is 0.0657. The van der Waals surface area contributed by atoms with Crippen LogP contribution in [0.25, 0.3) is 11.0 Å². The minimum Gasteiger partial charge on any atom is -0.465 e. The van der Waals surface area contributed by atoms with Gasteiger partial charge in [-0.1, -0.05) is 0 Å². The number of hydrogen-bond acceptors (Lipinski definition) is 5. The van der Waals surface area contributed by atoms with Gasteiger partial charge in [0.1, 0.15) is 22.6 Å². The smallest absolute Gasteiger partial charge is 0.251 e. The highest BCUT2D eigenvalue weighted by Crippen LogP contribution is 2.26. The molecule has 1 aliphatic rings. The van der Waals surface area contributed by atoms with Crippen molar-refractivity contribution in [3.8, 4) is 0 Å². The van der Waals surface area contributed by atoms with Crippen LogP contribution in [0.3, 0.4) is 0 Å². The Morgan fingerprint density at radius 3 is 2.80 bits per heavy atom. The van der Waals surface area contributed by atoms with Gasteiger partial charge < -0.3 is 9.73 Å². The van der Waals surface area contributed by atoms with Gasteiger partial charge in [-0.25, -0.2) is 0 Å². The molecule has 1 aliphatic heterocycles. The zero-order valence-electron chi connectivity index (χ0n) is 14.2. The Balaban J connectivity index is 1.48. The molecule has 0 saturated carbocycles. The van der Waals surface area contributed by atoms with Crippen LogP contribution in [0.15, 0.2) is 34.7 Å². The molecule has 130 valence electrons. The second kappa shape index (κ2) is 6.68. The molecule has 0 radical (unpaired) electrons. The lowest BCUT2D eigenvalue weighted by molar-refractivity contribution is 0.0933. The van der Waals surface area contributed by atoms with E-state index in [1.165, 1.54) is 12.8 Å². The number of carbonyl (C=O) groups excluding carboxylic acids is 1. The summed E-state index contributed by atoms with van der Waals surface area (Å²) < 4.78 is 5.83. The number of benzene rings is 1. The first-order valence-electron chi connectivity index (χ1n) is 8.60. The van der Waals surface area contributed by atoms with Crippen LogP contribution < -0.4 is 5.32 Å². The molecule has 2 N–H and O–H groups in total. The van der Waals surface area contributed by atoms with Crippen molar-refractivity contribution in [1.82, 2.24) is 25.6 Å². The quantitative estimate of drug-likeness (QED) is 0.745. The first-order chi connectivity index (χ1) is 12.2. The fraction of sp³-hybridized carbons (Fsp3) is 0.389. The Bertz CT molecular complexity index is 878. The monoisotopic (exact) mass is 339 g/mol. The largest absolute Gasteiger partial charge is 0.465 e. The Kier molecular flexibility index (Phi) is 4.23. The van der Waals surface area contributed by atoms with Crippen LogP contribution >= 0.6 is 0 Å². The molecule has 0 aliphatic carbocycles. The van der Waals surface area contributed by atoms with Crippen molar-refractivity contribution in [1.29, 1.82) is 0 Å². The lowest BCUT2D eigenvalue weighted by Gasteiger charge is -2.26. The highest BCUT2D eigenvalue weighted by Gasteiger charge is 2.26. The van der Waals surface area contributed by atoms with Crippen molar-refractivity contribution in [2.75, 3.05) is 19.6 Å². The van der Waals surface area contributed by atoms with Gasteiger partial charge in [0.15, 0.2) is 0 Å². The number of aromatic amines is 1. The summed E-state index contributed by atoms with van der Waals surface area (Å²) in [5.74, 6) is 1.69. The zero-order chi connectivity index (χ0) is 17.2. The molecule has 3 heterocycles. The van der Waals surface area contributed by atoms with Gasteiger partial charge in [0.25, 0.3) is 5.91 Å². The second-order valence-corrected chi connectivity index (χ2v) is 6.44. The number of hydrogen-bond donors (Lipinski definition) is 2. The number of nitrogens with zero attached hydrogens (tertiary/aromatic N) is 3. The average molecular weight is 339 g/mol. The summed E-state index contributed by atoms with van der Waals surface area (Å²) in [6, 6.07) is 9.35. The summed E-state index contributed by atoms with van der Waals surface area (Å²) in [4.78, 5) is 14.9. The number of nitrogens with one attached hydrogen (secondary N) is 2. The maximum Gasteiger partial charge on any atom is 0.251 e. The van der Waals surface area contributed by atoms with Crippen molar-refractivity contribution in [2.45, 2.75) is 25.8 Å². The van der Waals surface area contributed by atoms with Crippen molar-refractivity contribution in [2.24, 2.45) is 0 Å². The highest BCUT2D eigenvalue weighted by atomic mass is 16.3. The van der Waals surface area contributed by atoms with E-state index in [9.17, 15) is 4.79 Å². The minimum atomic E-state index is -0.114. The van der Waals surface area contributed by atoms with E-state index in [0.717, 1.165) is 30.1 Å². The number of rotatable bonds is 5. The molecule has 7 nitrogen and oxygen atoms in total. The van der Waals surface area contributed by atoms with E-state index in [1.54, 1.807) is 18.2 Å². The summed E-state index contributed by atoms with van der Waals surface area (Å²) in [6.45, 7) is 4.52. The number of carbonyl (C=O) groups is 1. The zero-order valence-corrected chi connectivity index (χ0v) is 14.2. The lowest BCUT2D eigenvalue weighted by atomic mass is 10.1. The van der Waals surface area contributed by atoms with Crippen molar-refractivity contribution >= 4 is 16.9 Å². The first-order valence-corrected chi connectivity index (χ1v) is 8.60. The molecule has 1 atom stereocenters. The third-order valence-electron chi connectivity index (χ3n) is 4.71. The molecule has 0 bridgehead atoms. The lowest BCUT2D eigenvalue weighted by Crippen LogP contribution is -2.36. The number of amides is 1. The molecule has 1 amide bonds. The van der Waals surface area contributed by atoms with E-state index in [2.05, 4.69) is 25.6 Å². The highest BCUT2D eigenvalue weighted by molar-refractivity contribution is 5.97. The van der Waals surface area contributed by atoms with Crippen LogP contribution in [0.2, 0.25) is 0 Å². The summed E-state index contributed by atoms with van der Waals surface area (Å²) in [5, 5.41) is 13.6. The summed E-state index contributed by atoms with van der Waals surface area (Å²) in [7, 11) is 0. The van der Waals surface area contributed by atoms with Crippen LogP contribution in [0.1, 0.15) is 40.8 Å². The summed E-state index contributed by atoms with van der Waals surface area (Å²) in [5.41, 5.74) is 2.01. The Labute approximate surface area is 145 Å². The number of H-pyrrole nitrogens is 1. The van der Waals surface area contributed by atoms with Gasteiger partial charge in [-0.05, 0) is 63.2 Å². The number of fused-ring (bicyclic) bond motifs is 1. The topological polar surface area (TPSA) is 87.0 Å². The van der Waals surface area contributed by atoms with E-state index in [4.69, 9.17) is 4.42 Å². The summed E-state index contributed by atoms with van der Waals surface area (Å²) in [6.07, 6.45) is 2.37. The van der Waals surface area contributed by atoms with E-state index >= 15 is 0 Å². The number of aromatic nitrogens is 3. The maximum absolute atomic E-state index is 12.5. The Morgan fingerprint density at radius 2 is 2.04 bits per heavy atom. The third-order valence-corrected chi connectivity index (χ3v) is 4.71. The molecule has 0 unspecified atom stereocenters. The molecular formula is C18H21N5O2. The molecule has 1 saturated heterocycles. The van der Waals surface area contributed by atoms with Crippen molar-refractivity contribution < 1.29 is 9.21 Å². The normalized spacial score (nSPS) is 16.4. The van der Waals surface area contributed by atoms with E-state index in [-0.39, 0.29) is 11.9 Å². The number of aryl methyl sites for hydroxylation is 1. The van der Waals surface area contributed by atoms with E-state index < -0.39 is 0 Å². The van der Waals surface area contributed by atoms with Crippen LogP contribution in [0, 0.1) is 6.92 Å². The predicted molar refractivity (Wildman–Crippen MR) is 93.2 cm³/mol. The van der Waals surface area contributed by atoms with Gasteiger partial charge in [-0.2, -0.15) is 15.4 Å². The summed E-state index contributed by atoms with van der Waals surface area (Å²) >= 11 is 0. The first kappa shape index (κ1) is 15.8. The maximum atomic E-state index is 12.5. The van der Waals surface area contributed by atoms with Crippen LogP contribution in [-0.2, 0) is 0 Å². The molecule has 0 spiro atoms. The van der Waals surface area contributed by atoms with E-state index in [0.29, 0.717) is 17.6 Å². The molecule has 1 aromatic carbocycles. The third kappa shape index (κ3) is 3.28. The number of furan rings is 1. The Hall–Kier alpha value is -2.67. The molecular weight excluding hydrogens is 318 g/mol. The molecule has 25 heavy (non-hydrogen) atoms. The fourth-order valence-electron chi connectivity index (χ4n) is 3.37. The van der Waals surface area contributed by atoms with Gasteiger partial charge >= 0.3 is 0 Å². The van der Waals surface area contributed by atoms with Crippen molar-refractivity contribution in [3.63, 3.8) is 0 Å². The van der Waals surface area contributed by atoms with Gasteiger partial charge in [0.2, 0.25) is 0 Å². The SMILES string of the molecule is Cc1ccc([C@H](CNC(=O)c2ccc3n[nH]nc3c2)N2CCCC2)o1. The molecule has 3 aromatic rings. The molecule has 7 heteroatoms. The van der Waals surface area contributed by atoms with Crippen LogP contribution in [0.5, 0.6) is 0 Å². The predicted octanol–water partition coefficient (Wildman–Crippen LogP) is 2.43. The van der Waals surface area contributed by atoms with Gasteiger partial charge in [-0.15, -0.1) is 0 Å². The fourth-order valence-corrected chi connectivity index (χ4v) is 3.37. The Morgan fingerprint density at radius 1 is 1.24 bits per heavy atom. The van der Waals surface area contributed by atoms with Gasteiger partial charge in [0, 0.05) is 12.1 Å². The molecule has 4 rings (SSSR count). The average Bonchev–Trinajstić information content (AvgIpc) is 3.36. The van der Waals surface area contributed by atoms with E-state index in [1.807, 2.05) is 19.1 Å². The van der Waals surface area contributed by atoms with Crippen LogP contribution in [0.4, 0.5) is 0 Å². The number of likely N-dealkylation sites (tertiary alicyclic amines) is 1. The van der Waals surface area contributed by atoms with Gasteiger partial charge in [-0.3, -0.25) is 9.69 Å². The molecule has 1 fully saturated rings.